The summed E-state index contributed by atoms with van der Waals surface area (Å²) in [5.41, 5.74) is 0.781. The molecule has 0 aromatic carbocycles. The molecule has 0 amide bonds. The summed E-state index contributed by atoms with van der Waals surface area (Å²) in [5, 5.41) is 19.8. The summed E-state index contributed by atoms with van der Waals surface area (Å²) in [5.74, 6) is 1.43. The molecule has 1 aliphatic rings. The summed E-state index contributed by atoms with van der Waals surface area (Å²) in [6.07, 6.45) is 3.85. The van der Waals surface area contributed by atoms with Crippen molar-refractivity contribution in [2.75, 3.05) is 24.6 Å². The van der Waals surface area contributed by atoms with Crippen molar-refractivity contribution in [3.8, 4) is 0 Å². The molecule has 0 spiro atoms. The molecule has 2 aromatic heterocycles. The molecule has 27 heavy (non-hydrogen) atoms. The first kappa shape index (κ1) is 20.4. The minimum absolute atomic E-state index is 0.150. The van der Waals surface area contributed by atoms with Gasteiger partial charge in [0.2, 0.25) is 0 Å². The quantitative estimate of drug-likeness (QED) is 0.765. The van der Waals surface area contributed by atoms with Gasteiger partial charge in [0.1, 0.15) is 17.1 Å². The Morgan fingerprint density at radius 2 is 1.96 bits per heavy atom. The molecule has 1 saturated heterocycles. The van der Waals surface area contributed by atoms with E-state index in [1.165, 1.54) is 0 Å². The highest BCUT2D eigenvalue weighted by atomic mass is 28.4. The van der Waals surface area contributed by atoms with Gasteiger partial charge >= 0.3 is 7.12 Å². The fourth-order valence-electron chi connectivity index (χ4n) is 3.20. The lowest BCUT2D eigenvalue weighted by Gasteiger charge is -2.39. The molecule has 2 N–H and O–H groups in total. The van der Waals surface area contributed by atoms with Gasteiger partial charge in [0, 0.05) is 25.9 Å². The van der Waals surface area contributed by atoms with E-state index in [1.807, 2.05) is 0 Å². The Hall–Kier alpha value is -1.35. The average Bonchev–Trinajstić information content (AvgIpc) is 3.04. The van der Waals surface area contributed by atoms with Crippen molar-refractivity contribution in [3.63, 3.8) is 0 Å². The van der Waals surface area contributed by atoms with Crippen LogP contribution < -0.4 is 10.6 Å². The Kier molecular flexibility index (Phi) is 5.72. The molecular formula is C19H31BN2O4Si. The number of hydrogen-bond donors (Lipinski definition) is 2. The fraction of sp³-hybridized carbons (Fsp3) is 0.632. The molecular weight excluding hydrogens is 359 g/mol. The molecule has 8 heteroatoms. The third-order valence-electron chi connectivity index (χ3n) is 6.10. The number of rotatable bonds is 5. The van der Waals surface area contributed by atoms with Crippen molar-refractivity contribution in [3.05, 3.63) is 18.3 Å². The molecule has 3 heterocycles. The highest BCUT2D eigenvalue weighted by Crippen LogP contribution is 2.37. The van der Waals surface area contributed by atoms with Crippen molar-refractivity contribution in [1.82, 2.24) is 4.98 Å². The molecule has 148 valence electrons. The van der Waals surface area contributed by atoms with Crippen LogP contribution in [0.15, 0.2) is 22.7 Å². The van der Waals surface area contributed by atoms with E-state index in [4.69, 9.17) is 8.84 Å². The lowest BCUT2D eigenvalue weighted by Crippen LogP contribution is -2.43. The number of piperidine rings is 1. The van der Waals surface area contributed by atoms with E-state index in [0.717, 1.165) is 43.7 Å². The zero-order valence-electron chi connectivity index (χ0n) is 17.0. The lowest BCUT2D eigenvalue weighted by molar-refractivity contribution is 0.205. The normalized spacial score (nSPS) is 16.9. The van der Waals surface area contributed by atoms with E-state index in [-0.39, 0.29) is 10.7 Å². The van der Waals surface area contributed by atoms with Crippen molar-refractivity contribution in [2.45, 2.75) is 51.7 Å². The van der Waals surface area contributed by atoms with E-state index < -0.39 is 15.4 Å². The van der Waals surface area contributed by atoms with Crippen LogP contribution in [0.4, 0.5) is 5.82 Å². The molecule has 2 aromatic rings. The van der Waals surface area contributed by atoms with E-state index >= 15 is 0 Å². The second kappa shape index (κ2) is 7.58. The molecule has 3 rings (SSSR count). The Morgan fingerprint density at radius 3 is 2.56 bits per heavy atom. The summed E-state index contributed by atoms with van der Waals surface area (Å²) in [7, 11) is -3.31. The first-order valence-corrected chi connectivity index (χ1v) is 12.6. The average molecular weight is 390 g/mol. The van der Waals surface area contributed by atoms with Gasteiger partial charge in [-0.05, 0) is 49.0 Å². The van der Waals surface area contributed by atoms with Gasteiger partial charge in [-0.1, -0.05) is 20.8 Å². The highest BCUT2D eigenvalue weighted by Gasteiger charge is 2.37. The first-order valence-electron chi connectivity index (χ1n) is 9.72. The van der Waals surface area contributed by atoms with Crippen LogP contribution in [0.25, 0.3) is 11.0 Å². The summed E-state index contributed by atoms with van der Waals surface area (Å²) >= 11 is 0. The molecule has 0 bridgehead atoms. The van der Waals surface area contributed by atoms with Crippen LogP contribution in [0.5, 0.6) is 0 Å². The second-order valence-corrected chi connectivity index (χ2v) is 13.9. The number of nitrogens with zero attached hydrogens (tertiary/aromatic N) is 2. The predicted molar refractivity (Wildman–Crippen MR) is 112 cm³/mol. The van der Waals surface area contributed by atoms with Gasteiger partial charge in [0.05, 0.1) is 5.39 Å². The topological polar surface area (TPSA) is 79.0 Å². The number of hydrogen-bond acceptors (Lipinski definition) is 6. The maximum Gasteiger partial charge on any atom is 0.526 e. The van der Waals surface area contributed by atoms with Crippen molar-refractivity contribution < 1.29 is 18.9 Å². The lowest BCUT2D eigenvalue weighted by atomic mass is 9.88. The second-order valence-electron chi connectivity index (χ2n) is 9.07. The van der Waals surface area contributed by atoms with Gasteiger partial charge in [-0.15, -0.1) is 0 Å². The number of aromatic nitrogens is 1. The van der Waals surface area contributed by atoms with Crippen LogP contribution in [0, 0.1) is 5.92 Å². The molecule has 1 aliphatic heterocycles. The zero-order valence-corrected chi connectivity index (χ0v) is 18.0. The minimum Gasteiger partial charge on any atom is -0.464 e. The Labute approximate surface area is 162 Å². The maximum absolute atomic E-state index is 9.36. The van der Waals surface area contributed by atoms with Crippen molar-refractivity contribution in [1.29, 1.82) is 0 Å². The van der Waals surface area contributed by atoms with Gasteiger partial charge in [-0.2, -0.15) is 0 Å². The zero-order chi connectivity index (χ0) is 19.8. The standard InChI is InChI=1S/C19H31BN2O4Si/c1-19(2,3)27(4,5)25-13-14-7-10-22(11-8-14)18-15-12-17(20(23)24)26-16(15)6-9-21-18/h6,9,12,14,23-24H,7-8,10-11,13H2,1-5H3. The van der Waals surface area contributed by atoms with Gasteiger partial charge in [-0.25, -0.2) is 4.98 Å². The number of anilines is 1. The Morgan fingerprint density at radius 1 is 1.30 bits per heavy atom. The molecule has 0 radical (unpaired) electrons. The van der Waals surface area contributed by atoms with E-state index in [1.54, 1.807) is 18.3 Å². The smallest absolute Gasteiger partial charge is 0.464 e. The van der Waals surface area contributed by atoms with Gasteiger partial charge in [0.25, 0.3) is 0 Å². The van der Waals surface area contributed by atoms with Crippen LogP contribution in [-0.4, -0.2) is 50.2 Å². The summed E-state index contributed by atoms with van der Waals surface area (Å²) in [6, 6.07) is 3.43. The molecule has 0 unspecified atom stereocenters. The summed E-state index contributed by atoms with van der Waals surface area (Å²) < 4.78 is 11.9. The third kappa shape index (κ3) is 4.39. The molecule has 1 fully saturated rings. The van der Waals surface area contributed by atoms with Crippen LogP contribution >= 0.6 is 0 Å². The van der Waals surface area contributed by atoms with Gasteiger partial charge in [-0.3, -0.25) is 0 Å². The maximum atomic E-state index is 9.36. The molecule has 0 saturated carbocycles. The number of pyridine rings is 1. The molecule has 0 atom stereocenters. The largest absolute Gasteiger partial charge is 0.526 e. The molecule has 6 nitrogen and oxygen atoms in total. The Balaban J connectivity index is 1.64. The van der Waals surface area contributed by atoms with E-state index in [0.29, 0.717) is 11.5 Å². The monoisotopic (exact) mass is 390 g/mol. The number of fused-ring (bicyclic) bond motifs is 1. The van der Waals surface area contributed by atoms with Crippen molar-refractivity contribution >= 4 is 37.9 Å². The van der Waals surface area contributed by atoms with Crippen LogP contribution in [-0.2, 0) is 4.43 Å². The van der Waals surface area contributed by atoms with Crippen molar-refractivity contribution in [2.24, 2.45) is 5.92 Å². The number of furan rings is 1. The van der Waals surface area contributed by atoms with Gasteiger partial charge in [0.15, 0.2) is 8.32 Å². The summed E-state index contributed by atoms with van der Waals surface area (Å²) in [6.45, 7) is 14.1. The van der Waals surface area contributed by atoms with E-state index in [2.05, 4.69) is 43.7 Å². The van der Waals surface area contributed by atoms with Crippen LogP contribution in [0.3, 0.4) is 0 Å². The molecule has 0 aliphatic carbocycles. The van der Waals surface area contributed by atoms with Crippen LogP contribution in [0.1, 0.15) is 33.6 Å². The minimum atomic E-state index is -1.70. The Bertz CT molecular complexity index is 780. The predicted octanol–water partition coefficient (Wildman–Crippen LogP) is 2.75. The SMILES string of the molecule is CC(C)(C)[Si](C)(C)OCC1CCN(c2nccc3oc(B(O)O)cc23)CC1. The van der Waals surface area contributed by atoms with E-state index in [9.17, 15) is 10.0 Å². The summed E-state index contributed by atoms with van der Waals surface area (Å²) in [4.78, 5) is 6.78. The highest BCUT2D eigenvalue weighted by molar-refractivity contribution is 6.74. The van der Waals surface area contributed by atoms with Gasteiger partial charge < -0.3 is 23.8 Å². The fourth-order valence-corrected chi connectivity index (χ4v) is 4.29. The first-order chi connectivity index (χ1) is 12.6. The third-order valence-corrected chi connectivity index (χ3v) is 10.6. The van der Waals surface area contributed by atoms with Crippen LogP contribution in [0.2, 0.25) is 18.1 Å².